The molecule has 0 aliphatic carbocycles. The van der Waals surface area contributed by atoms with Gasteiger partial charge < -0.3 is 4.74 Å². The van der Waals surface area contributed by atoms with E-state index in [0.717, 1.165) is 11.8 Å². The number of carbonyl (C=O) groups excluding carboxylic acids is 1. The van der Waals surface area contributed by atoms with Gasteiger partial charge in [-0.25, -0.2) is 18.2 Å². The van der Waals surface area contributed by atoms with Crippen molar-refractivity contribution in [2.45, 2.75) is 6.42 Å². The third kappa shape index (κ3) is 2.10. The van der Waals surface area contributed by atoms with Gasteiger partial charge in [-0.2, -0.15) is 0 Å². The maximum atomic E-state index is 11.5. The van der Waals surface area contributed by atoms with Crippen LogP contribution in [0, 0.1) is 0 Å². The Bertz CT molecular complexity index is 568. The summed E-state index contributed by atoms with van der Waals surface area (Å²) in [5.41, 5.74) is 1.45. The van der Waals surface area contributed by atoms with Crippen molar-refractivity contribution >= 4 is 21.7 Å². The Balaban J connectivity index is 2.48. The normalized spacial score (nSPS) is 14.6. The lowest BCUT2D eigenvalue weighted by Crippen LogP contribution is -2.27. The molecule has 1 aromatic heterocycles. The van der Waals surface area contributed by atoms with Crippen LogP contribution < -0.4 is 4.31 Å². The van der Waals surface area contributed by atoms with E-state index in [1.54, 1.807) is 0 Å². The van der Waals surface area contributed by atoms with Gasteiger partial charge in [0, 0.05) is 12.7 Å². The number of aromatic nitrogens is 1. The minimum Gasteiger partial charge on any atom is -0.464 e. The van der Waals surface area contributed by atoms with Crippen LogP contribution in [0.15, 0.2) is 12.3 Å². The van der Waals surface area contributed by atoms with Gasteiger partial charge in [-0.3, -0.25) is 4.31 Å². The highest BCUT2D eigenvalue weighted by atomic mass is 32.2. The second-order valence-electron chi connectivity index (χ2n) is 3.77. The fourth-order valence-electron chi connectivity index (χ4n) is 1.80. The average molecular weight is 256 g/mol. The number of pyridine rings is 1. The zero-order chi connectivity index (χ0) is 12.6. The first-order chi connectivity index (χ1) is 7.93. The van der Waals surface area contributed by atoms with E-state index in [-0.39, 0.29) is 5.69 Å². The van der Waals surface area contributed by atoms with Gasteiger partial charge in [-0.1, -0.05) is 0 Å². The maximum Gasteiger partial charge on any atom is 0.356 e. The van der Waals surface area contributed by atoms with E-state index in [2.05, 4.69) is 9.72 Å². The van der Waals surface area contributed by atoms with Gasteiger partial charge in [-0.05, 0) is 18.1 Å². The Labute approximate surface area is 99.3 Å². The van der Waals surface area contributed by atoms with Crippen LogP contribution in [0.1, 0.15) is 16.1 Å². The third-order valence-electron chi connectivity index (χ3n) is 2.61. The van der Waals surface area contributed by atoms with Crippen LogP contribution in [0.3, 0.4) is 0 Å². The molecule has 0 amide bonds. The van der Waals surface area contributed by atoms with E-state index in [0.29, 0.717) is 18.7 Å². The smallest absolute Gasteiger partial charge is 0.356 e. The number of sulfonamides is 1. The van der Waals surface area contributed by atoms with E-state index in [1.165, 1.54) is 23.7 Å². The van der Waals surface area contributed by atoms with E-state index in [4.69, 9.17) is 0 Å². The summed E-state index contributed by atoms with van der Waals surface area (Å²) in [4.78, 5) is 15.3. The second kappa shape index (κ2) is 3.99. The van der Waals surface area contributed by atoms with Crippen molar-refractivity contribution in [2.24, 2.45) is 0 Å². The molecule has 7 heteroatoms. The summed E-state index contributed by atoms with van der Waals surface area (Å²) in [6.07, 6.45) is 3.27. The van der Waals surface area contributed by atoms with E-state index >= 15 is 0 Å². The number of ether oxygens (including phenoxy) is 1. The molecule has 1 aliphatic rings. The predicted molar refractivity (Wildman–Crippen MR) is 61.5 cm³/mol. The molecule has 6 nitrogen and oxygen atoms in total. The molecule has 0 spiro atoms. The number of fused-ring (bicyclic) bond motifs is 1. The second-order valence-corrected chi connectivity index (χ2v) is 5.68. The molecule has 0 aromatic carbocycles. The van der Waals surface area contributed by atoms with Crippen molar-refractivity contribution in [3.8, 4) is 0 Å². The zero-order valence-electron chi connectivity index (χ0n) is 9.50. The molecule has 1 aliphatic heterocycles. The molecular formula is C10H12N2O4S. The summed E-state index contributed by atoms with van der Waals surface area (Å²) in [6, 6.07) is 1.45. The zero-order valence-corrected chi connectivity index (χ0v) is 10.3. The summed E-state index contributed by atoms with van der Waals surface area (Å²) in [5, 5.41) is 0. The van der Waals surface area contributed by atoms with Gasteiger partial charge in [0.05, 0.1) is 19.1 Å². The topological polar surface area (TPSA) is 76.6 Å². The minimum absolute atomic E-state index is 0.113. The van der Waals surface area contributed by atoms with Gasteiger partial charge in [-0.15, -0.1) is 0 Å². The predicted octanol–water partition coefficient (Wildman–Crippen LogP) is 0.190. The summed E-state index contributed by atoms with van der Waals surface area (Å²) in [7, 11) is -2.06. The molecule has 0 saturated carbocycles. The monoisotopic (exact) mass is 256 g/mol. The van der Waals surface area contributed by atoms with Crippen molar-refractivity contribution in [3.05, 3.63) is 23.5 Å². The molecule has 0 N–H and O–H groups in total. The molecule has 17 heavy (non-hydrogen) atoms. The summed E-state index contributed by atoms with van der Waals surface area (Å²) < 4.78 is 28.9. The van der Waals surface area contributed by atoms with E-state index in [1.807, 2.05) is 0 Å². The first-order valence-electron chi connectivity index (χ1n) is 4.98. The molecule has 0 fully saturated rings. The largest absolute Gasteiger partial charge is 0.464 e. The first kappa shape index (κ1) is 11.8. The number of hydrogen-bond donors (Lipinski definition) is 0. The van der Waals surface area contributed by atoms with E-state index < -0.39 is 16.0 Å². The number of hydrogen-bond acceptors (Lipinski definition) is 5. The van der Waals surface area contributed by atoms with Gasteiger partial charge in [0.1, 0.15) is 5.69 Å². The lowest BCUT2D eigenvalue weighted by atomic mass is 10.2. The summed E-state index contributed by atoms with van der Waals surface area (Å²) in [5.74, 6) is -0.576. The first-order valence-corrected chi connectivity index (χ1v) is 6.83. The number of esters is 1. The molecule has 0 saturated heterocycles. The molecule has 2 heterocycles. The van der Waals surface area contributed by atoms with Crippen molar-refractivity contribution in [1.29, 1.82) is 0 Å². The molecule has 0 bridgehead atoms. The molecule has 2 rings (SSSR count). The number of methoxy groups -OCH3 is 1. The highest BCUT2D eigenvalue weighted by Crippen LogP contribution is 2.29. The average Bonchev–Trinajstić information content (AvgIpc) is 2.70. The van der Waals surface area contributed by atoms with Crippen molar-refractivity contribution in [1.82, 2.24) is 4.98 Å². The van der Waals surface area contributed by atoms with Crippen LogP contribution >= 0.6 is 0 Å². The van der Waals surface area contributed by atoms with Crippen LogP contribution in [0.4, 0.5) is 5.69 Å². The minimum atomic E-state index is -3.31. The van der Waals surface area contributed by atoms with Crippen LogP contribution in [0.5, 0.6) is 0 Å². The fourth-order valence-corrected chi connectivity index (χ4v) is 2.75. The highest BCUT2D eigenvalue weighted by Gasteiger charge is 2.27. The number of rotatable bonds is 2. The molecule has 0 unspecified atom stereocenters. The quantitative estimate of drug-likeness (QED) is 0.706. The van der Waals surface area contributed by atoms with Gasteiger partial charge >= 0.3 is 5.97 Å². The molecule has 1 aromatic rings. The number of nitrogens with zero attached hydrogens (tertiary/aromatic N) is 2. The Hall–Kier alpha value is -1.63. The van der Waals surface area contributed by atoms with E-state index in [9.17, 15) is 13.2 Å². The van der Waals surface area contributed by atoms with Crippen molar-refractivity contribution in [2.75, 3.05) is 24.2 Å². The van der Waals surface area contributed by atoms with Gasteiger partial charge in [0.15, 0.2) is 0 Å². The Kier molecular flexibility index (Phi) is 2.78. The molecular weight excluding hydrogens is 244 g/mol. The molecule has 92 valence electrons. The van der Waals surface area contributed by atoms with Gasteiger partial charge in [0.2, 0.25) is 10.0 Å². The van der Waals surface area contributed by atoms with Gasteiger partial charge in [0.25, 0.3) is 0 Å². The Morgan fingerprint density at radius 1 is 1.53 bits per heavy atom. The fraction of sp³-hybridized carbons (Fsp3) is 0.400. The summed E-state index contributed by atoms with van der Waals surface area (Å²) >= 11 is 0. The van der Waals surface area contributed by atoms with Crippen LogP contribution in [-0.4, -0.2) is 39.3 Å². The Morgan fingerprint density at radius 2 is 2.24 bits per heavy atom. The number of carbonyl (C=O) groups is 1. The maximum absolute atomic E-state index is 11.5. The van der Waals surface area contributed by atoms with Crippen molar-refractivity contribution < 1.29 is 17.9 Å². The molecule has 0 atom stereocenters. The van der Waals surface area contributed by atoms with Crippen LogP contribution in [0.2, 0.25) is 0 Å². The van der Waals surface area contributed by atoms with Crippen molar-refractivity contribution in [3.63, 3.8) is 0 Å². The lowest BCUT2D eigenvalue weighted by Gasteiger charge is -2.16. The SMILES string of the molecule is COC(=O)c1cc2c(cn1)CCN2S(C)(=O)=O. The summed E-state index contributed by atoms with van der Waals surface area (Å²) in [6.45, 7) is 0.389. The van der Waals surface area contributed by atoms with Crippen LogP contribution in [0.25, 0.3) is 0 Å². The standard InChI is InChI=1S/C10H12N2O4S/c1-16-10(13)8-5-9-7(6-11-8)3-4-12(9)17(2,14)15/h5-6H,3-4H2,1-2H3. The number of anilines is 1. The molecule has 0 radical (unpaired) electrons. The lowest BCUT2D eigenvalue weighted by molar-refractivity contribution is 0.0594. The van der Waals surface area contributed by atoms with Crippen LogP contribution in [-0.2, 0) is 21.2 Å². The highest BCUT2D eigenvalue weighted by molar-refractivity contribution is 7.92. The Morgan fingerprint density at radius 3 is 2.82 bits per heavy atom. The third-order valence-corrected chi connectivity index (χ3v) is 3.79.